The second-order valence-electron chi connectivity index (χ2n) is 7.66. The number of pyridine rings is 2. The van der Waals surface area contributed by atoms with Gasteiger partial charge in [-0.3, -0.25) is 14.8 Å². The minimum Gasteiger partial charge on any atom is -0.350 e. The van der Waals surface area contributed by atoms with Crippen molar-refractivity contribution in [3.8, 4) is 10.6 Å². The third kappa shape index (κ3) is 4.22. The van der Waals surface area contributed by atoms with Crippen molar-refractivity contribution in [1.29, 1.82) is 0 Å². The molecule has 1 aliphatic carbocycles. The number of aromatic nitrogens is 3. The van der Waals surface area contributed by atoms with Gasteiger partial charge < -0.3 is 5.32 Å². The summed E-state index contributed by atoms with van der Waals surface area (Å²) in [6.45, 7) is 2.68. The Kier molecular flexibility index (Phi) is 6.00. The molecule has 0 atom stereocenters. The van der Waals surface area contributed by atoms with Gasteiger partial charge in [-0.1, -0.05) is 32.3 Å². The third-order valence-electron chi connectivity index (χ3n) is 5.82. The zero-order valence-electron chi connectivity index (χ0n) is 16.7. The maximum absolute atomic E-state index is 13.1. The Labute approximate surface area is 175 Å². The van der Waals surface area contributed by atoms with Gasteiger partial charge in [0.15, 0.2) is 0 Å². The molecule has 0 bridgehead atoms. The summed E-state index contributed by atoms with van der Waals surface area (Å²) in [5, 5.41) is 4.08. The van der Waals surface area contributed by atoms with Gasteiger partial charge in [0, 0.05) is 42.3 Å². The van der Waals surface area contributed by atoms with Crippen LogP contribution in [0.1, 0.15) is 60.0 Å². The number of hydrogen-bond acceptors (Lipinski definition) is 5. The van der Waals surface area contributed by atoms with E-state index < -0.39 is 0 Å². The van der Waals surface area contributed by atoms with Crippen LogP contribution in [0, 0.1) is 0 Å². The van der Waals surface area contributed by atoms with E-state index in [4.69, 9.17) is 4.98 Å². The molecule has 3 heterocycles. The van der Waals surface area contributed by atoms with E-state index in [1.165, 1.54) is 36.2 Å². The van der Waals surface area contributed by atoms with Gasteiger partial charge in [-0.05, 0) is 43.0 Å². The molecular formula is C23H26N4OS. The molecule has 0 saturated heterocycles. The number of aryl methyl sites for hydroxylation is 1. The fraction of sp³-hybridized carbons (Fsp3) is 0.391. The minimum atomic E-state index is -0.0247. The molecule has 3 aromatic rings. The van der Waals surface area contributed by atoms with Gasteiger partial charge in [-0.2, -0.15) is 0 Å². The summed E-state index contributed by atoms with van der Waals surface area (Å²) < 4.78 is 0. The molecule has 1 amide bonds. The van der Waals surface area contributed by atoms with E-state index in [-0.39, 0.29) is 11.3 Å². The lowest BCUT2D eigenvalue weighted by Gasteiger charge is -2.37. The maximum Gasteiger partial charge on any atom is 0.263 e. The standard InChI is InChI=1S/C23H26N4OS/c1-2-19-20(29-22(27-19)17-8-6-12-24-14-17)21(28)26-16-23(10-4-3-5-11-23)18-9-7-13-25-15-18/h6-9,12-15H,2-5,10-11,16H2,1H3,(H,26,28). The normalized spacial score (nSPS) is 15.8. The molecule has 1 saturated carbocycles. The topological polar surface area (TPSA) is 67.8 Å². The molecule has 29 heavy (non-hydrogen) atoms. The van der Waals surface area contributed by atoms with Crippen molar-refractivity contribution in [1.82, 2.24) is 20.3 Å². The summed E-state index contributed by atoms with van der Waals surface area (Å²) >= 11 is 1.45. The molecule has 0 unspecified atom stereocenters. The number of nitrogens with one attached hydrogen (secondary N) is 1. The van der Waals surface area contributed by atoms with Gasteiger partial charge in [0.2, 0.25) is 0 Å². The fourth-order valence-electron chi connectivity index (χ4n) is 4.18. The lowest BCUT2D eigenvalue weighted by Crippen LogP contribution is -2.42. The molecule has 0 radical (unpaired) electrons. The monoisotopic (exact) mass is 406 g/mol. The number of amides is 1. The molecule has 4 rings (SSSR count). The van der Waals surface area contributed by atoms with Crippen LogP contribution in [0.2, 0.25) is 0 Å². The Hall–Kier alpha value is -2.60. The summed E-state index contributed by atoms with van der Waals surface area (Å²) in [5.41, 5.74) is 3.01. The summed E-state index contributed by atoms with van der Waals surface area (Å²) in [6.07, 6.45) is 13.9. The first-order valence-corrected chi connectivity index (χ1v) is 11.1. The van der Waals surface area contributed by atoms with Gasteiger partial charge in [-0.15, -0.1) is 11.3 Å². The molecule has 1 fully saturated rings. The highest BCUT2D eigenvalue weighted by molar-refractivity contribution is 7.17. The first kappa shape index (κ1) is 19.7. The zero-order valence-corrected chi connectivity index (χ0v) is 17.5. The lowest BCUT2D eigenvalue weighted by molar-refractivity contribution is 0.0939. The Bertz CT molecular complexity index is 950. The van der Waals surface area contributed by atoms with Crippen molar-refractivity contribution in [2.24, 2.45) is 0 Å². The number of carbonyl (C=O) groups is 1. The van der Waals surface area contributed by atoms with Crippen molar-refractivity contribution in [2.75, 3.05) is 6.54 Å². The minimum absolute atomic E-state index is 0.0224. The summed E-state index contributed by atoms with van der Waals surface area (Å²) in [6, 6.07) is 8.01. The van der Waals surface area contributed by atoms with Crippen LogP contribution in [-0.2, 0) is 11.8 Å². The molecule has 0 aliphatic heterocycles. The van der Waals surface area contributed by atoms with Crippen LogP contribution in [0.4, 0.5) is 0 Å². The Morgan fingerprint density at radius 1 is 1.10 bits per heavy atom. The second kappa shape index (κ2) is 8.82. The molecular weight excluding hydrogens is 380 g/mol. The van der Waals surface area contributed by atoms with Crippen LogP contribution in [0.3, 0.4) is 0 Å². The number of carbonyl (C=O) groups excluding carboxylic acids is 1. The van der Waals surface area contributed by atoms with Gasteiger partial charge in [0.05, 0.1) is 5.69 Å². The van der Waals surface area contributed by atoms with Crippen molar-refractivity contribution >= 4 is 17.2 Å². The maximum atomic E-state index is 13.1. The Morgan fingerprint density at radius 3 is 2.52 bits per heavy atom. The molecule has 6 heteroatoms. The van der Waals surface area contributed by atoms with E-state index in [0.717, 1.165) is 35.5 Å². The number of nitrogens with zero attached hydrogens (tertiary/aromatic N) is 3. The van der Waals surface area contributed by atoms with Crippen molar-refractivity contribution in [2.45, 2.75) is 50.9 Å². The van der Waals surface area contributed by atoms with Crippen LogP contribution in [0.5, 0.6) is 0 Å². The second-order valence-corrected chi connectivity index (χ2v) is 8.65. The van der Waals surface area contributed by atoms with Gasteiger partial charge in [0.1, 0.15) is 9.88 Å². The third-order valence-corrected chi connectivity index (χ3v) is 6.96. The van der Waals surface area contributed by atoms with Crippen molar-refractivity contribution < 1.29 is 4.79 Å². The van der Waals surface area contributed by atoms with Crippen LogP contribution < -0.4 is 5.32 Å². The van der Waals surface area contributed by atoms with E-state index in [2.05, 4.69) is 21.4 Å². The van der Waals surface area contributed by atoms with Crippen molar-refractivity contribution in [3.63, 3.8) is 0 Å². The molecule has 150 valence electrons. The zero-order chi connectivity index (χ0) is 20.1. The SMILES string of the molecule is CCc1nc(-c2cccnc2)sc1C(=O)NCC1(c2cccnc2)CCCCC1. The first-order chi connectivity index (χ1) is 14.2. The van der Waals surface area contributed by atoms with Gasteiger partial charge in [0.25, 0.3) is 5.91 Å². The van der Waals surface area contributed by atoms with Crippen molar-refractivity contribution in [3.05, 3.63) is 65.2 Å². The highest BCUT2D eigenvalue weighted by Crippen LogP contribution is 2.39. The molecule has 1 N–H and O–H groups in total. The van der Waals surface area contributed by atoms with E-state index >= 15 is 0 Å². The highest BCUT2D eigenvalue weighted by atomic mass is 32.1. The predicted octanol–water partition coefficient (Wildman–Crippen LogP) is 4.79. The average Bonchev–Trinajstić information content (AvgIpc) is 3.24. The van der Waals surface area contributed by atoms with Gasteiger partial charge >= 0.3 is 0 Å². The summed E-state index contributed by atoms with van der Waals surface area (Å²) in [7, 11) is 0. The predicted molar refractivity (Wildman–Crippen MR) is 116 cm³/mol. The lowest BCUT2D eigenvalue weighted by atomic mass is 9.70. The fourth-order valence-corrected chi connectivity index (χ4v) is 5.24. The van der Waals surface area contributed by atoms with Crippen LogP contribution in [-0.4, -0.2) is 27.4 Å². The number of hydrogen-bond donors (Lipinski definition) is 1. The molecule has 0 aromatic carbocycles. The molecule has 3 aromatic heterocycles. The Balaban J connectivity index is 1.55. The summed E-state index contributed by atoms with van der Waals surface area (Å²) in [5.74, 6) is -0.0247. The molecule has 0 spiro atoms. The smallest absolute Gasteiger partial charge is 0.263 e. The number of rotatable bonds is 6. The average molecular weight is 407 g/mol. The van der Waals surface area contributed by atoms with E-state index in [1.807, 2.05) is 37.5 Å². The first-order valence-electron chi connectivity index (χ1n) is 10.3. The summed E-state index contributed by atoms with van der Waals surface area (Å²) in [4.78, 5) is 27.0. The van der Waals surface area contributed by atoms with E-state index in [1.54, 1.807) is 12.4 Å². The number of thiazole rings is 1. The molecule has 1 aliphatic rings. The largest absolute Gasteiger partial charge is 0.350 e. The van der Waals surface area contributed by atoms with Crippen LogP contribution in [0.25, 0.3) is 10.6 Å². The van der Waals surface area contributed by atoms with Crippen LogP contribution >= 0.6 is 11.3 Å². The Morgan fingerprint density at radius 2 is 1.86 bits per heavy atom. The highest BCUT2D eigenvalue weighted by Gasteiger charge is 2.35. The van der Waals surface area contributed by atoms with Gasteiger partial charge in [-0.25, -0.2) is 4.98 Å². The quantitative estimate of drug-likeness (QED) is 0.639. The van der Waals surface area contributed by atoms with E-state index in [0.29, 0.717) is 11.4 Å². The van der Waals surface area contributed by atoms with E-state index in [9.17, 15) is 4.79 Å². The molecule has 5 nitrogen and oxygen atoms in total. The van der Waals surface area contributed by atoms with Crippen LogP contribution in [0.15, 0.2) is 49.1 Å².